The summed E-state index contributed by atoms with van der Waals surface area (Å²) in [7, 11) is -4.39. The second-order valence-corrected chi connectivity index (χ2v) is 24.1. The van der Waals surface area contributed by atoms with Gasteiger partial charge in [-0.25, -0.2) is 4.57 Å². The zero-order chi connectivity index (χ0) is 55.9. The van der Waals surface area contributed by atoms with Crippen LogP contribution in [0.3, 0.4) is 0 Å². The Morgan fingerprint density at radius 1 is 0.390 bits per heavy atom. The molecule has 0 aliphatic carbocycles. The van der Waals surface area contributed by atoms with Crippen LogP contribution in [0.1, 0.15) is 348 Å². The predicted molar refractivity (Wildman–Crippen MR) is 330 cm³/mol. The second-order valence-electron chi connectivity index (χ2n) is 22.7. The fourth-order valence-corrected chi connectivity index (χ4v) is 10.8. The molecule has 2 unspecified atom stereocenters. The lowest BCUT2D eigenvalue weighted by Crippen LogP contribution is -2.29. The van der Waals surface area contributed by atoms with E-state index in [2.05, 4.69) is 50.3 Å². The van der Waals surface area contributed by atoms with Crippen LogP contribution in [0.2, 0.25) is 0 Å². The fourth-order valence-electron chi connectivity index (χ4n) is 10.0. The van der Waals surface area contributed by atoms with Gasteiger partial charge in [-0.2, -0.15) is 0 Å². The zero-order valence-corrected chi connectivity index (χ0v) is 51.9. The van der Waals surface area contributed by atoms with Gasteiger partial charge in [0.2, 0.25) is 0 Å². The van der Waals surface area contributed by atoms with Crippen LogP contribution < -0.4 is 5.73 Å². The Morgan fingerprint density at radius 3 is 1.00 bits per heavy atom. The van der Waals surface area contributed by atoms with Crippen LogP contribution >= 0.6 is 7.82 Å². The third kappa shape index (κ3) is 63.3. The molecular formula is C67H128NO8P. The Kier molecular flexibility index (Phi) is 62.0. The first-order valence-corrected chi connectivity index (χ1v) is 35.0. The van der Waals surface area contributed by atoms with E-state index in [1.165, 1.54) is 270 Å². The van der Waals surface area contributed by atoms with E-state index in [0.29, 0.717) is 6.42 Å². The van der Waals surface area contributed by atoms with Crippen LogP contribution in [-0.2, 0) is 32.7 Å². The fraction of sp³-hybridized carbons (Fsp3) is 0.881. The maximum atomic E-state index is 12.7. The van der Waals surface area contributed by atoms with Gasteiger partial charge < -0.3 is 20.1 Å². The Hall–Kier alpha value is -1.77. The lowest BCUT2D eigenvalue weighted by atomic mass is 10.0. The molecule has 0 saturated heterocycles. The smallest absolute Gasteiger partial charge is 0.462 e. The third-order valence-corrected chi connectivity index (χ3v) is 16.0. The van der Waals surface area contributed by atoms with E-state index in [9.17, 15) is 19.0 Å². The predicted octanol–water partition coefficient (Wildman–Crippen LogP) is 21.5. The topological polar surface area (TPSA) is 134 Å². The molecule has 3 N–H and O–H groups in total. The highest BCUT2D eigenvalue weighted by Crippen LogP contribution is 2.43. The van der Waals surface area contributed by atoms with Crippen molar-refractivity contribution in [1.82, 2.24) is 0 Å². The SMILES string of the molecule is CCCCCCC/C=C\C/C=C\CCCCCCCCCCCCCCCC(=O)OC(COC(=O)CCCCCCCCCCCCCCCCCCCCC/C=C\CCCCCCCCCC)COP(=O)(O)OCCN. The standard InChI is InChI=1S/C67H128NO8P/c1-3-5-7-9-11-13-15-17-19-21-23-25-27-29-30-31-32-33-34-36-37-39-41-43-45-47-49-51-53-55-57-59-66(69)73-63-65(64-75-77(71,72)74-62-61-68)76-67(70)60-58-56-54-52-50-48-46-44-42-40-38-35-28-26-24-22-20-18-16-14-12-10-8-6-4-2/h16,18,21-24,65H,3-15,17,19-20,25-64,68H2,1-2H3,(H,71,72)/b18-16-,23-21-,24-22-. The van der Waals surface area contributed by atoms with Crippen molar-refractivity contribution in [2.45, 2.75) is 354 Å². The summed E-state index contributed by atoms with van der Waals surface area (Å²) < 4.78 is 33.2. The monoisotopic (exact) mass is 1110 g/mol. The molecule has 0 aromatic heterocycles. The number of unbranched alkanes of at least 4 members (excludes halogenated alkanes) is 45. The van der Waals surface area contributed by atoms with Crippen LogP contribution in [0.15, 0.2) is 36.5 Å². The lowest BCUT2D eigenvalue weighted by molar-refractivity contribution is -0.161. The first-order chi connectivity index (χ1) is 37.8. The molecule has 0 amide bonds. The highest BCUT2D eigenvalue weighted by Gasteiger charge is 2.26. The summed E-state index contributed by atoms with van der Waals surface area (Å²) in [4.78, 5) is 35.3. The summed E-state index contributed by atoms with van der Waals surface area (Å²) in [6.45, 7) is 3.80. The van der Waals surface area contributed by atoms with Gasteiger partial charge in [0.05, 0.1) is 13.2 Å². The molecule has 77 heavy (non-hydrogen) atoms. The van der Waals surface area contributed by atoms with Gasteiger partial charge in [0, 0.05) is 19.4 Å². The molecule has 0 fully saturated rings. The maximum Gasteiger partial charge on any atom is 0.472 e. The van der Waals surface area contributed by atoms with Crippen LogP contribution in [0.5, 0.6) is 0 Å². The molecule has 10 heteroatoms. The summed E-state index contributed by atoms with van der Waals surface area (Å²) in [6, 6.07) is 0. The lowest BCUT2D eigenvalue weighted by Gasteiger charge is -2.19. The molecule has 0 aromatic rings. The van der Waals surface area contributed by atoms with Crippen molar-refractivity contribution < 1.29 is 37.6 Å². The summed E-state index contributed by atoms with van der Waals surface area (Å²) in [5.41, 5.74) is 5.40. The van der Waals surface area contributed by atoms with Crippen molar-refractivity contribution in [2.24, 2.45) is 5.73 Å². The number of nitrogens with two attached hydrogens (primary N) is 1. The van der Waals surface area contributed by atoms with Crippen LogP contribution in [0.25, 0.3) is 0 Å². The van der Waals surface area contributed by atoms with Gasteiger partial charge in [0.25, 0.3) is 0 Å². The summed E-state index contributed by atoms with van der Waals surface area (Å²) in [6.07, 6.45) is 78.0. The van der Waals surface area contributed by atoms with Crippen LogP contribution in [0.4, 0.5) is 0 Å². The highest BCUT2D eigenvalue weighted by atomic mass is 31.2. The highest BCUT2D eigenvalue weighted by molar-refractivity contribution is 7.47. The van der Waals surface area contributed by atoms with Gasteiger partial charge >= 0.3 is 19.8 Å². The third-order valence-electron chi connectivity index (χ3n) is 15.0. The quantitative estimate of drug-likeness (QED) is 0.0264. The zero-order valence-electron chi connectivity index (χ0n) is 51.0. The molecule has 0 aromatic carbocycles. The first kappa shape index (κ1) is 75.2. The van der Waals surface area contributed by atoms with Gasteiger partial charge in [0.1, 0.15) is 6.61 Å². The van der Waals surface area contributed by atoms with Crippen LogP contribution in [-0.4, -0.2) is 49.3 Å². The normalized spacial score (nSPS) is 13.1. The van der Waals surface area contributed by atoms with E-state index >= 15 is 0 Å². The summed E-state index contributed by atoms with van der Waals surface area (Å²) >= 11 is 0. The van der Waals surface area contributed by atoms with Gasteiger partial charge in [-0.3, -0.25) is 18.6 Å². The van der Waals surface area contributed by atoms with Gasteiger partial charge in [-0.1, -0.05) is 301 Å². The van der Waals surface area contributed by atoms with Crippen molar-refractivity contribution in [2.75, 3.05) is 26.4 Å². The average molecular weight is 1110 g/mol. The molecular weight excluding hydrogens is 978 g/mol. The second kappa shape index (κ2) is 63.4. The minimum atomic E-state index is -4.39. The number of phosphoric acid groups is 1. The molecule has 0 rings (SSSR count). The van der Waals surface area contributed by atoms with Crippen molar-refractivity contribution in [1.29, 1.82) is 0 Å². The minimum Gasteiger partial charge on any atom is -0.462 e. The van der Waals surface area contributed by atoms with Crippen molar-refractivity contribution in [3.8, 4) is 0 Å². The molecule has 9 nitrogen and oxygen atoms in total. The Balaban J connectivity index is 3.85. The largest absolute Gasteiger partial charge is 0.472 e. The average Bonchev–Trinajstić information content (AvgIpc) is 3.42. The Morgan fingerprint density at radius 2 is 0.675 bits per heavy atom. The minimum absolute atomic E-state index is 0.0551. The van der Waals surface area contributed by atoms with E-state index in [4.69, 9.17) is 24.3 Å². The maximum absolute atomic E-state index is 12.7. The molecule has 0 heterocycles. The number of esters is 2. The molecule has 0 radical (unpaired) electrons. The van der Waals surface area contributed by atoms with Crippen molar-refractivity contribution >= 4 is 19.8 Å². The first-order valence-electron chi connectivity index (χ1n) is 33.5. The number of hydrogen-bond donors (Lipinski definition) is 2. The molecule has 0 aliphatic rings. The molecule has 0 spiro atoms. The van der Waals surface area contributed by atoms with E-state index < -0.39 is 26.5 Å². The van der Waals surface area contributed by atoms with Crippen molar-refractivity contribution in [3.05, 3.63) is 36.5 Å². The summed E-state index contributed by atoms with van der Waals surface area (Å²) in [5.74, 6) is -0.810. The number of carbonyl (C=O) groups excluding carboxylic acids is 2. The number of phosphoric ester groups is 1. The van der Waals surface area contributed by atoms with E-state index in [0.717, 1.165) is 44.9 Å². The summed E-state index contributed by atoms with van der Waals surface area (Å²) in [5, 5.41) is 0. The van der Waals surface area contributed by atoms with Gasteiger partial charge in [0.15, 0.2) is 6.10 Å². The van der Waals surface area contributed by atoms with E-state index in [-0.39, 0.29) is 38.6 Å². The molecule has 454 valence electrons. The Bertz CT molecular complexity index is 1350. The van der Waals surface area contributed by atoms with E-state index in [1.54, 1.807) is 0 Å². The number of hydrogen-bond acceptors (Lipinski definition) is 8. The number of allylic oxidation sites excluding steroid dienone is 6. The molecule has 0 aliphatic heterocycles. The Labute approximate surface area is 477 Å². The van der Waals surface area contributed by atoms with Gasteiger partial charge in [-0.15, -0.1) is 0 Å². The molecule has 2 atom stereocenters. The number of carbonyl (C=O) groups is 2. The number of ether oxygens (including phenoxy) is 2. The van der Waals surface area contributed by atoms with Crippen LogP contribution in [0, 0.1) is 0 Å². The molecule has 0 bridgehead atoms. The van der Waals surface area contributed by atoms with E-state index in [1.807, 2.05) is 0 Å². The van der Waals surface area contributed by atoms with Crippen molar-refractivity contribution in [3.63, 3.8) is 0 Å². The molecule has 0 saturated carbocycles. The number of rotatable bonds is 64. The van der Waals surface area contributed by atoms with Gasteiger partial charge in [-0.05, 0) is 70.6 Å².